The number of aromatic nitrogens is 2. The van der Waals surface area contributed by atoms with Crippen molar-refractivity contribution in [1.29, 1.82) is 0 Å². The van der Waals surface area contributed by atoms with E-state index in [0.717, 1.165) is 19.8 Å². The van der Waals surface area contributed by atoms with Crippen molar-refractivity contribution in [2.75, 3.05) is 5.32 Å². The van der Waals surface area contributed by atoms with E-state index in [-0.39, 0.29) is 29.2 Å². The van der Waals surface area contributed by atoms with Gasteiger partial charge in [0, 0.05) is 17.7 Å². The number of hydrogen-bond acceptors (Lipinski definition) is 5. The van der Waals surface area contributed by atoms with Crippen molar-refractivity contribution < 1.29 is 27.5 Å². The quantitative estimate of drug-likeness (QED) is 0.561. The number of anilines is 1. The van der Waals surface area contributed by atoms with Gasteiger partial charge in [-0.25, -0.2) is 18.7 Å². The molecule has 7 nitrogen and oxygen atoms in total. The number of rotatable bonds is 9. The number of carbonyl (C=O) groups excluding carboxylic acids is 2. The van der Waals surface area contributed by atoms with Crippen LogP contribution in [-0.4, -0.2) is 34.1 Å². The van der Waals surface area contributed by atoms with Crippen LogP contribution in [0.3, 0.4) is 0 Å². The topological polar surface area (TPSA) is 93.2 Å². The molecular formula is C22H23F3N4O3. The molecule has 2 unspecified atom stereocenters. The Kier molecular flexibility index (Phi) is 6.81. The predicted molar refractivity (Wildman–Crippen MR) is 111 cm³/mol. The summed E-state index contributed by atoms with van der Waals surface area (Å²) in [5.74, 6) is -4.19. The summed E-state index contributed by atoms with van der Waals surface area (Å²) in [6, 6.07) is 6.61. The lowest BCUT2D eigenvalue weighted by atomic mass is 10.1. The molecule has 10 heteroatoms. The molecule has 1 aliphatic carbocycles. The monoisotopic (exact) mass is 448 g/mol. The Balaban J connectivity index is 1.68. The van der Waals surface area contributed by atoms with Crippen molar-refractivity contribution in [3.05, 3.63) is 59.9 Å². The van der Waals surface area contributed by atoms with Crippen LogP contribution >= 0.6 is 0 Å². The van der Waals surface area contributed by atoms with Crippen LogP contribution in [0.4, 0.5) is 19.1 Å². The molecule has 0 aliphatic heterocycles. The molecular weight excluding hydrogens is 425 g/mol. The van der Waals surface area contributed by atoms with E-state index < -0.39 is 29.8 Å². The van der Waals surface area contributed by atoms with Crippen LogP contribution in [-0.2, 0) is 4.79 Å². The molecule has 2 aromatic rings. The van der Waals surface area contributed by atoms with Crippen LogP contribution < -0.4 is 15.4 Å². The minimum Gasteiger partial charge on any atom is -0.449 e. The molecule has 1 aromatic carbocycles. The number of amides is 2. The fraction of sp³-hybridized carbons (Fsp3) is 0.364. The Morgan fingerprint density at radius 2 is 2.00 bits per heavy atom. The lowest BCUT2D eigenvalue weighted by Gasteiger charge is -2.26. The maximum atomic E-state index is 14.5. The van der Waals surface area contributed by atoms with Gasteiger partial charge in [0.25, 0.3) is 5.91 Å². The molecule has 32 heavy (non-hydrogen) atoms. The van der Waals surface area contributed by atoms with Crippen LogP contribution in [0.1, 0.15) is 48.8 Å². The van der Waals surface area contributed by atoms with E-state index in [0.29, 0.717) is 5.56 Å². The van der Waals surface area contributed by atoms with Crippen LogP contribution in [0.2, 0.25) is 0 Å². The zero-order chi connectivity index (χ0) is 23.5. The summed E-state index contributed by atoms with van der Waals surface area (Å²) in [5.41, 5.74) is 0.0613. The third kappa shape index (κ3) is 5.43. The number of nitrogens with zero attached hydrogens (tertiary/aromatic N) is 2. The summed E-state index contributed by atoms with van der Waals surface area (Å²) >= 11 is 0. The van der Waals surface area contributed by atoms with Crippen molar-refractivity contribution in [1.82, 2.24) is 15.3 Å². The first-order valence-electron chi connectivity index (χ1n) is 9.97. The van der Waals surface area contributed by atoms with Gasteiger partial charge in [-0.15, -0.1) is 0 Å². The van der Waals surface area contributed by atoms with Gasteiger partial charge in [0.05, 0.1) is 6.04 Å². The normalized spacial score (nSPS) is 16.1. The molecule has 2 N–H and O–H groups in total. The fourth-order valence-corrected chi connectivity index (χ4v) is 2.79. The molecule has 2 atom stereocenters. The van der Waals surface area contributed by atoms with E-state index in [1.165, 1.54) is 30.5 Å². The summed E-state index contributed by atoms with van der Waals surface area (Å²) in [6.07, 6.45) is -0.432. The van der Waals surface area contributed by atoms with Crippen molar-refractivity contribution >= 4 is 17.8 Å². The van der Waals surface area contributed by atoms with Gasteiger partial charge in [0.2, 0.25) is 11.9 Å². The average Bonchev–Trinajstić information content (AvgIpc) is 3.59. The van der Waals surface area contributed by atoms with E-state index in [1.54, 1.807) is 13.0 Å². The molecule has 2 amide bonds. The average molecular weight is 448 g/mol. The summed E-state index contributed by atoms with van der Waals surface area (Å²) < 4.78 is 45.7. The number of alkyl halides is 3. The van der Waals surface area contributed by atoms with Crippen LogP contribution in [0.25, 0.3) is 0 Å². The first-order chi connectivity index (χ1) is 15.1. The second-order valence-electron chi connectivity index (χ2n) is 7.62. The van der Waals surface area contributed by atoms with Crippen molar-refractivity contribution in [2.45, 2.75) is 45.0 Å². The SMILES string of the molecule is C=C(C)C(F)(Oc1cccc(C(C)NC(=O)c2ccnc(NC(=O)C3CC3)n2)c1)C(F)F. The molecule has 1 fully saturated rings. The van der Waals surface area contributed by atoms with Crippen LogP contribution in [0.5, 0.6) is 5.75 Å². The highest BCUT2D eigenvalue weighted by molar-refractivity contribution is 5.95. The molecule has 1 heterocycles. The third-order valence-electron chi connectivity index (χ3n) is 4.91. The van der Waals surface area contributed by atoms with E-state index in [4.69, 9.17) is 4.74 Å². The largest absolute Gasteiger partial charge is 0.449 e. The van der Waals surface area contributed by atoms with Gasteiger partial charge in [-0.3, -0.25) is 14.9 Å². The van der Waals surface area contributed by atoms with E-state index in [9.17, 15) is 22.8 Å². The second kappa shape index (κ2) is 9.37. The van der Waals surface area contributed by atoms with Crippen LogP contribution in [0.15, 0.2) is 48.7 Å². The third-order valence-corrected chi connectivity index (χ3v) is 4.91. The van der Waals surface area contributed by atoms with Gasteiger partial charge in [0.1, 0.15) is 11.4 Å². The molecule has 1 saturated carbocycles. The number of benzene rings is 1. The Labute approximate surface area is 183 Å². The number of ether oxygens (including phenoxy) is 1. The van der Waals surface area contributed by atoms with Crippen LogP contribution in [0, 0.1) is 5.92 Å². The molecule has 170 valence electrons. The van der Waals surface area contributed by atoms with E-state index in [1.807, 2.05) is 0 Å². The summed E-state index contributed by atoms with van der Waals surface area (Å²) in [7, 11) is 0. The van der Waals surface area contributed by atoms with Gasteiger partial charge in [-0.2, -0.15) is 4.39 Å². The number of hydrogen-bond donors (Lipinski definition) is 2. The number of halogens is 3. The van der Waals surface area contributed by atoms with Gasteiger partial charge in [-0.05, 0) is 50.5 Å². The fourth-order valence-electron chi connectivity index (χ4n) is 2.79. The second-order valence-corrected chi connectivity index (χ2v) is 7.62. The van der Waals surface area contributed by atoms with Crippen molar-refractivity contribution in [2.24, 2.45) is 5.92 Å². The maximum Gasteiger partial charge on any atom is 0.330 e. The molecule has 1 aliphatic rings. The highest BCUT2D eigenvalue weighted by atomic mass is 19.3. The zero-order valence-corrected chi connectivity index (χ0v) is 17.6. The van der Waals surface area contributed by atoms with Crippen molar-refractivity contribution in [3.8, 4) is 5.75 Å². The van der Waals surface area contributed by atoms with Gasteiger partial charge < -0.3 is 10.1 Å². The van der Waals surface area contributed by atoms with Crippen molar-refractivity contribution in [3.63, 3.8) is 0 Å². The zero-order valence-electron chi connectivity index (χ0n) is 17.6. The standard InChI is InChI=1S/C22H23F3N4O3/c1-12(2)22(25,20(23)24)32-16-6-4-5-15(11-16)13(3)27-19(31)17-9-10-26-21(28-17)29-18(30)14-7-8-14/h4-6,9-11,13-14,20H,1,7-8H2,2-3H3,(H,27,31)(H,26,28,29,30). The molecule has 0 saturated heterocycles. The lowest BCUT2D eigenvalue weighted by molar-refractivity contribution is -0.138. The van der Waals surface area contributed by atoms with Gasteiger partial charge >= 0.3 is 12.3 Å². The van der Waals surface area contributed by atoms with E-state index >= 15 is 0 Å². The Morgan fingerprint density at radius 1 is 1.28 bits per heavy atom. The molecule has 1 aromatic heterocycles. The van der Waals surface area contributed by atoms with E-state index in [2.05, 4.69) is 27.2 Å². The molecule has 0 radical (unpaired) electrons. The number of nitrogens with one attached hydrogen (secondary N) is 2. The van der Waals surface area contributed by atoms with Gasteiger partial charge in [-0.1, -0.05) is 18.7 Å². The first kappa shape index (κ1) is 23.2. The predicted octanol–water partition coefficient (Wildman–Crippen LogP) is 4.20. The Hall–Kier alpha value is -3.43. The molecule has 0 spiro atoms. The highest BCUT2D eigenvalue weighted by Gasteiger charge is 2.44. The lowest BCUT2D eigenvalue weighted by Crippen LogP contribution is -2.39. The minimum absolute atomic E-state index is 0.0312. The number of carbonyl (C=O) groups is 2. The molecule has 3 rings (SSSR count). The highest BCUT2D eigenvalue weighted by Crippen LogP contribution is 2.33. The summed E-state index contributed by atoms with van der Waals surface area (Å²) in [5, 5.41) is 5.28. The van der Waals surface area contributed by atoms with Gasteiger partial charge in [0.15, 0.2) is 0 Å². The molecule has 0 bridgehead atoms. The summed E-state index contributed by atoms with van der Waals surface area (Å²) in [4.78, 5) is 32.4. The Morgan fingerprint density at radius 3 is 2.62 bits per heavy atom. The first-order valence-corrected chi connectivity index (χ1v) is 9.97. The smallest absolute Gasteiger partial charge is 0.330 e. The summed E-state index contributed by atoms with van der Waals surface area (Å²) in [6.45, 7) is 6.01. The minimum atomic E-state index is -3.42. The Bertz CT molecular complexity index is 1030. The maximum absolute atomic E-state index is 14.5.